The lowest BCUT2D eigenvalue weighted by Gasteiger charge is -2.28. The van der Waals surface area contributed by atoms with Crippen LogP contribution in [-0.2, 0) is 11.8 Å². The molecule has 1 unspecified atom stereocenters. The molecule has 0 aliphatic heterocycles. The molecule has 0 saturated heterocycles. The van der Waals surface area contributed by atoms with Gasteiger partial charge in [-0.25, -0.2) is 0 Å². The molecule has 0 radical (unpaired) electrons. The summed E-state index contributed by atoms with van der Waals surface area (Å²) in [6, 6.07) is 0. The molecule has 0 aliphatic carbocycles. The van der Waals surface area contributed by atoms with E-state index in [1.54, 1.807) is 38.6 Å². The number of nitrogens with zero attached hydrogens (tertiary/aromatic N) is 2. The Balaban J connectivity index is 2.80. The highest BCUT2D eigenvalue weighted by atomic mass is 35.5. The number of aromatic nitrogens is 2. The Labute approximate surface area is 118 Å². The van der Waals surface area contributed by atoms with E-state index in [1.165, 1.54) is 6.08 Å². The summed E-state index contributed by atoms with van der Waals surface area (Å²) in [5.41, 5.74) is 0.787. The van der Waals surface area contributed by atoms with Crippen molar-refractivity contribution in [2.45, 2.75) is 39.3 Å². The topological polar surface area (TPSA) is 67.2 Å². The lowest BCUT2D eigenvalue weighted by molar-refractivity contribution is -0.119. The molecule has 5 nitrogen and oxygen atoms in total. The van der Waals surface area contributed by atoms with Gasteiger partial charge in [-0.2, -0.15) is 5.10 Å². The summed E-state index contributed by atoms with van der Waals surface area (Å²) >= 11 is 6.06. The van der Waals surface area contributed by atoms with Gasteiger partial charge in [-0.15, -0.1) is 0 Å². The SMILES string of the molecule is Cc1nn(C)c(Cl)c1/C=C/C(=O)NC(C)(C)C(C)O. The summed E-state index contributed by atoms with van der Waals surface area (Å²) in [6.45, 7) is 6.97. The zero-order valence-corrected chi connectivity index (χ0v) is 12.6. The van der Waals surface area contributed by atoms with Crippen molar-refractivity contribution in [3.63, 3.8) is 0 Å². The minimum absolute atomic E-state index is 0.287. The van der Waals surface area contributed by atoms with Crippen LogP contribution in [0, 0.1) is 6.92 Å². The van der Waals surface area contributed by atoms with Crippen LogP contribution in [0.2, 0.25) is 5.15 Å². The van der Waals surface area contributed by atoms with Crippen LogP contribution >= 0.6 is 11.6 Å². The van der Waals surface area contributed by atoms with Crippen molar-refractivity contribution in [1.29, 1.82) is 0 Å². The number of hydrogen-bond donors (Lipinski definition) is 2. The third-order valence-electron chi connectivity index (χ3n) is 3.09. The van der Waals surface area contributed by atoms with Crippen molar-refractivity contribution < 1.29 is 9.90 Å². The molecule has 6 heteroatoms. The maximum atomic E-state index is 11.8. The molecule has 1 amide bonds. The van der Waals surface area contributed by atoms with Crippen molar-refractivity contribution >= 4 is 23.6 Å². The molecule has 0 fully saturated rings. The fourth-order valence-corrected chi connectivity index (χ4v) is 1.70. The van der Waals surface area contributed by atoms with E-state index in [1.807, 2.05) is 6.92 Å². The second kappa shape index (κ2) is 5.75. The number of aryl methyl sites for hydroxylation is 2. The molecule has 1 aromatic heterocycles. The summed E-state index contributed by atoms with van der Waals surface area (Å²) in [6.07, 6.45) is 2.37. The van der Waals surface area contributed by atoms with Crippen LogP contribution in [0.3, 0.4) is 0 Å². The molecule has 1 rings (SSSR count). The Bertz CT molecular complexity index is 504. The van der Waals surface area contributed by atoms with Gasteiger partial charge in [0.05, 0.1) is 17.3 Å². The second-order valence-corrected chi connectivity index (χ2v) is 5.49. The minimum Gasteiger partial charge on any atom is -0.391 e. The van der Waals surface area contributed by atoms with Gasteiger partial charge in [0.2, 0.25) is 5.91 Å². The Kier molecular flexibility index (Phi) is 4.76. The maximum Gasteiger partial charge on any atom is 0.244 e. The quantitative estimate of drug-likeness (QED) is 0.827. The summed E-state index contributed by atoms with van der Waals surface area (Å²) in [5.74, 6) is -0.287. The third-order valence-corrected chi connectivity index (χ3v) is 3.54. The summed E-state index contributed by atoms with van der Waals surface area (Å²) in [5, 5.41) is 16.9. The predicted octanol–water partition coefficient (Wildman–Crippen LogP) is 1.67. The first kappa shape index (κ1) is 15.7. The minimum atomic E-state index is -0.685. The maximum absolute atomic E-state index is 11.8. The van der Waals surface area contributed by atoms with Crippen LogP contribution in [0.25, 0.3) is 6.08 Å². The van der Waals surface area contributed by atoms with Gasteiger partial charge in [0.25, 0.3) is 0 Å². The fourth-order valence-electron chi connectivity index (χ4n) is 1.46. The number of carbonyl (C=O) groups is 1. The molecular formula is C13H20ClN3O2. The number of hydrogen-bond acceptors (Lipinski definition) is 3. The Morgan fingerprint density at radius 2 is 2.16 bits per heavy atom. The van der Waals surface area contributed by atoms with Crippen LogP contribution in [0.1, 0.15) is 32.0 Å². The molecule has 2 N–H and O–H groups in total. The number of halogens is 1. The van der Waals surface area contributed by atoms with Gasteiger partial charge in [0.15, 0.2) is 0 Å². The molecule has 1 aromatic rings. The van der Waals surface area contributed by atoms with Gasteiger partial charge in [-0.3, -0.25) is 9.48 Å². The van der Waals surface area contributed by atoms with E-state index in [2.05, 4.69) is 10.4 Å². The van der Waals surface area contributed by atoms with E-state index in [0.717, 1.165) is 5.69 Å². The molecule has 1 heterocycles. The van der Waals surface area contributed by atoms with E-state index in [4.69, 9.17) is 11.6 Å². The standard InChI is InChI=1S/C13H20ClN3O2/c1-8-10(12(14)17(5)16-8)6-7-11(19)15-13(3,4)9(2)18/h6-7,9,18H,1-5H3,(H,15,19)/b7-6+. The first-order valence-electron chi connectivity index (χ1n) is 6.02. The van der Waals surface area contributed by atoms with Gasteiger partial charge in [0, 0.05) is 18.7 Å². The van der Waals surface area contributed by atoms with Crippen LogP contribution < -0.4 is 5.32 Å². The van der Waals surface area contributed by atoms with E-state index < -0.39 is 11.6 Å². The van der Waals surface area contributed by atoms with Gasteiger partial charge >= 0.3 is 0 Å². The Hall–Kier alpha value is -1.33. The third kappa shape index (κ3) is 3.81. The lowest BCUT2D eigenvalue weighted by Crippen LogP contribution is -2.50. The highest BCUT2D eigenvalue weighted by Crippen LogP contribution is 2.20. The zero-order chi connectivity index (χ0) is 14.8. The van der Waals surface area contributed by atoms with Gasteiger partial charge in [0.1, 0.15) is 5.15 Å². The van der Waals surface area contributed by atoms with E-state index in [0.29, 0.717) is 10.7 Å². The van der Waals surface area contributed by atoms with Crippen LogP contribution in [0.15, 0.2) is 6.08 Å². The molecular weight excluding hydrogens is 266 g/mol. The molecule has 0 bridgehead atoms. The molecule has 0 spiro atoms. The number of aliphatic hydroxyl groups is 1. The van der Waals surface area contributed by atoms with E-state index in [9.17, 15) is 9.90 Å². The molecule has 0 aromatic carbocycles. The number of nitrogens with one attached hydrogen (secondary N) is 1. The molecule has 106 valence electrons. The van der Waals surface area contributed by atoms with Crippen molar-refractivity contribution in [3.8, 4) is 0 Å². The fraction of sp³-hybridized carbons (Fsp3) is 0.538. The molecule has 19 heavy (non-hydrogen) atoms. The normalized spacial score (nSPS) is 13.8. The lowest BCUT2D eigenvalue weighted by atomic mass is 9.99. The number of amides is 1. The van der Waals surface area contributed by atoms with Crippen LogP contribution in [0.4, 0.5) is 0 Å². The second-order valence-electron chi connectivity index (χ2n) is 5.13. The monoisotopic (exact) mass is 285 g/mol. The van der Waals surface area contributed by atoms with E-state index >= 15 is 0 Å². The van der Waals surface area contributed by atoms with Gasteiger partial charge in [-0.1, -0.05) is 11.6 Å². The van der Waals surface area contributed by atoms with Crippen molar-refractivity contribution in [2.24, 2.45) is 7.05 Å². The number of carbonyl (C=O) groups excluding carboxylic acids is 1. The van der Waals surface area contributed by atoms with Gasteiger partial charge in [-0.05, 0) is 33.8 Å². The van der Waals surface area contributed by atoms with Crippen molar-refractivity contribution in [3.05, 3.63) is 22.5 Å². The highest BCUT2D eigenvalue weighted by molar-refractivity contribution is 6.31. The van der Waals surface area contributed by atoms with Crippen LogP contribution in [-0.4, -0.2) is 32.4 Å². The largest absolute Gasteiger partial charge is 0.391 e. The van der Waals surface area contributed by atoms with Crippen LogP contribution in [0.5, 0.6) is 0 Å². The smallest absolute Gasteiger partial charge is 0.244 e. The predicted molar refractivity (Wildman–Crippen MR) is 75.9 cm³/mol. The Morgan fingerprint density at radius 3 is 2.58 bits per heavy atom. The first-order chi connectivity index (χ1) is 8.65. The molecule has 0 saturated carbocycles. The van der Waals surface area contributed by atoms with Crippen molar-refractivity contribution in [1.82, 2.24) is 15.1 Å². The Morgan fingerprint density at radius 1 is 1.58 bits per heavy atom. The van der Waals surface area contributed by atoms with E-state index in [-0.39, 0.29) is 5.91 Å². The van der Waals surface area contributed by atoms with Gasteiger partial charge < -0.3 is 10.4 Å². The number of aliphatic hydroxyl groups excluding tert-OH is 1. The number of rotatable bonds is 4. The summed E-state index contributed by atoms with van der Waals surface area (Å²) in [7, 11) is 1.74. The molecule has 1 atom stereocenters. The highest BCUT2D eigenvalue weighted by Gasteiger charge is 2.25. The zero-order valence-electron chi connectivity index (χ0n) is 11.9. The molecule has 0 aliphatic rings. The average molecular weight is 286 g/mol. The summed E-state index contributed by atoms with van der Waals surface area (Å²) in [4.78, 5) is 11.8. The van der Waals surface area contributed by atoms with Crippen molar-refractivity contribution in [2.75, 3.05) is 0 Å². The average Bonchev–Trinajstić information content (AvgIpc) is 2.50. The first-order valence-corrected chi connectivity index (χ1v) is 6.40. The summed E-state index contributed by atoms with van der Waals surface area (Å²) < 4.78 is 1.55.